The number of methoxy groups -OCH3 is 4. The third kappa shape index (κ3) is 8.47. The van der Waals surface area contributed by atoms with E-state index in [2.05, 4.69) is 18.7 Å². The van der Waals surface area contributed by atoms with E-state index in [0.29, 0.717) is 18.6 Å². The van der Waals surface area contributed by atoms with E-state index >= 15 is 0 Å². The van der Waals surface area contributed by atoms with Crippen molar-refractivity contribution in [2.45, 2.75) is 196 Å². The molecule has 0 radical (unpaired) electrons. The summed E-state index contributed by atoms with van der Waals surface area (Å²) in [6, 6.07) is 8.57. The SMILES string of the molecule is CCCCCCCCCCCCCCCCCCCC(=O)O[C@]12[C@H]3[C@@H](OC(=O)c4ccccc4)[C@](O)(C[C@H]3[C@@]34C5[C@@H]1[C@H](OC)[C@@H]3[C@@](COC)(CC[C@@H]4OC)CN5CC)[C@@H](OC)[C@@H]2O. The second kappa shape index (κ2) is 21.2. The van der Waals surface area contributed by atoms with E-state index in [9.17, 15) is 19.8 Å². The number of carbonyl (C=O) groups excluding carboxylic acids is 2. The smallest absolute Gasteiger partial charge is 0.338 e. The van der Waals surface area contributed by atoms with Crippen LogP contribution in [0.4, 0.5) is 0 Å². The Balaban J connectivity index is 1.11. The van der Waals surface area contributed by atoms with E-state index in [0.717, 1.165) is 45.2 Å². The minimum atomic E-state index is -1.77. The van der Waals surface area contributed by atoms with Crippen molar-refractivity contribution >= 4 is 11.9 Å². The molecular weight excluding hydrogens is 799 g/mol. The Morgan fingerprint density at radius 2 is 1.37 bits per heavy atom. The van der Waals surface area contributed by atoms with Gasteiger partial charge in [0.25, 0.3) is 0 Å². The quantitative estimate of drug-likeness (QED) is 0.0650. The molecule has 6 aliphatic rings. The standard InChI is InChI=1S/C52H83NO10/c1-7-9-10-11-12-13-14-15-16-17-18-19-20-21-22-23-27-30-39(54)63-52-40-37(33-50(57,47(61-6)45(52)55)46(40)62-48(56)36-28-25-24-26-29-36)51-38(59-4)31-32-49(35-58-3)34-53(8-2)44(51)41(52)42(60-5)43(49)51/h24-26,28-29,37-38,40-47,55,57H,7-23,27,30-35H2,1-6H3/t37-,38+,40-,41+,42+,43-,44?,45+,46-,47+,49+,50-,51+,52-/m1/s1. The zero-order valence-corrected chi connectivity index (χ0v) is 39.7. The minimum absolute atomic E-state index is 0.108. The van der Waals surface area contributed by atoms with Crippen molar-refractivity contribution in [1.29, 1.82) is 0 Å². The number of piperidine rings is 1. The van der Waals surface area contributed by atoms with Crippen molar-refractivity contribution < 1.29 is 48.2 Å². The number of esters is 2. The summed E-state index contributed by atoms with van der Waals surface area (Å²) in [4.78, 5) is 31.2. The predicted octanol–water partition coefficient (Wildman–Crippen LogP) is 8.70. The van der Waals surface area contributed by atoms with Gasteiger partial charge in [0.1, 0.15) is 23.9 Å². The first kappa shape index (κ1) is 48.8. The van der Waals surface area contributed by atoms with Gasteiger partial charge in [0.05, 0.1) is 24.4 Å². The Hall–Kier alpha value is -2.12. The number of aliphatic hydroxyl groups is 2. The van der Waals surface area contributed by atoms with Crippen molar-refractivity contribution in [3.05, 3.63) is 35.9 Å². The second-order valence-corrected chi connectivity index (χ2v) is 20.6. The molecule has 1 aromatic rings. The summed E-state index contributed by atoms with van der Waals surface area (Å²) in [5, 5.41) is 26.1. The highest BCUT2D eigenvalue weighted by Gasteiger charge is 2.91. The maximum atomic E-state index is 14.6. The molecule has 63 heavy (non-hydrogen) atoms. The first-order chi connectivity index (χ1) is 30.6. The van der Waals surface area contributed by atoms with Gasteiger partial charge >= 0.3 is 11.9 Å². The van der Waals surface area contributed by atoms with Crippen LogP contribution in [0.2, 0.25) is 0 Å². The van der Waals surface area contributed by atoms with Gasteiger partial charge in [-0.25, -0.2) is 4.79 Å². The van der Waals surface area contributed by atoms with Gasteiger partial charge in [-0.2, -0.15) is 0 Å². The summed E-state index contributed by atoms with van der Waals surface area (Å²) in [7, 11) is 6.74. The fraction of sp³-hybridized carbons (Fsp3) is 0.846. The Bertz CT molecular complexity index is 1630. The Morgan fingerprint density at radius 1 is 0.762 bits per heavy atom. The number of likely N-dealkylation sites (tertiary alicyclic amines) is 1. The molecule has 14 atom stereocenters. The van der Waals surface area contributed by atoms with Gasteiger partial charge in [0.15, 0.2) is 5.60 Å². The molecule has 1 aromatic carbocycles. The third-order valence-electron chi connectivity index (χ3n) is 17.5. The van der Waals surface area contributed by atoms with Gasteiger partial charge in [0, 0.05) is 76.0 Å². The number of benzene rings is 1. The van der Waals surface area contributed by atoms with Crippen molar-refractivity contribution in [1.82, 2.24) is 4.90 Å². The van der Waals surface area contributed by atoms with Crippen LogP contribution in [0.15, 0.2) is 30.3 Å². The molecule has 1 unspecified atom stereocenters. The first-order valence-corrected chi connectivity index (χ1v) is 25.3. The van der Waals surface area contributed by atoms with Crippen molar-refractivity contribution in [2.75, 3.05) is 48.1 Å². The molecular formula is C52H83NO10. The lowest BCUT2D eigenvalue weighted by molar-refractivity contribution is -0.318. The number of aliphatic hydroxyl groups excluding tert-OH is 1. The predicted molar refractivity (Wildman–Crippen MR) is 242 cm³/mol. The zero-order chi connectivity index (χ0) is 44.8. The number of unbranched alkanes of at least 4 members (excludes halogenated alkanes) is 16. The highest BCUT2D eigenvalue weighted by Crippen LogP contribution is 2.80. The molecule has 5 aliphatic carbocycles. The second-order valence-electron chi connectivity index (χ2n) is 20.6. The maximum absolute atomic E-state index is 14.6. The van der Waals surface area contributed by atoms with E-state index in [1.165, 1.54) is 90.6 Å². The van der Waals surface area contributed by atoms with Gasteiger partial charge in [-0.3, -0.25) is 9.69 Å². The normalized spacial score (nSPS) is 38.5. The zero-order valence-electron chi connectivity index (χ0n) is 39.7. The number of ether oxygens (including phenoxy) is 6. The van der Waals surface area contributed by atoms with Crippen LogP contribution in [-0.4, -0.2) is 123 Å². The van der Waals surface area contributed by atoms with E-state index < -0.39 is 58.8 Å². The molecule has 7 rings (SSSR count). The molecule has 1 heterocycles. The third-order valence-corrected chi connectivity index (χ3v) is 17.5. The summed E-state index contributed by atoms with van der Waals surface area (Å²) < 4.78 is 39.1. The van der Waals surface area contributed by atoms with Gasteiger partial charge in [-0.1, -0.05) is 135 Å². The van der Waals surface area contributed by atoms with Crippen molar-refractivity contribution in [3.8, 4) is 0 Å². The monoisotopic (exact) mass is 882 g/mol. The minimum Gasteiger partial charge on any atom is -0.455 e. The lowest BCUT2D eigenvalue weighted by atomic mass is 9.43. The van der Waals surface area contributed by atoms with Gasteiger partial charge in [0.2, 0.25) is 0 Å². The molecule has 1 aliphatic heterocycles. The lowest BCUT2D eigenvalue weighted by Crippen LogP contribution is -2.81. The van der Waals surface area contributed by atoms with Gasteiger partial charge < -0.3 is 38.6 Å². The number of fused-ring (bicyclic) bond motifs is 2. The molecule has 6 fully saturated rings. The summed E-state index contributed by atoms with van der Waals surface area (Å²) in [6.45, 7) is 6.43. The van der Waals surface area contributed by atoms with Crippen LogP contribution < -0.4 is 0 Å². The Morgan fingerprint density at radius 3 is 1.90 bits per heavy atom. The number of hydrogen-bond acceptors (Lipinski definition) is 11. The lowest BCUT2D eigenvalue weighted by Gasteiger charge is -2.69. The number of hydrogen-bond donors (Lipinski definition) is 2. The summed E-state index contributed by atoms with van der Waals surface area (Å²) >= 11 is 0. The molecule has 2 N–H and O–H groups in total. The highest BCUT2D eigenvalue weighted by molar-refractivity contribution is 5.89. The van der Waals surface area contributed by atoms with Crippen LogP contribution in [0.1, 0.15) is 159 Å². The van der Waals surface area contributed by atoms with Crippen molar-refractivity contribution in [3.63, 3.8) is 0 Å². The van der Waals surface area contributed by atoms with Crippen molar-refractivity contribution in [2.24, 2.45) is 34.5 Å². The summed E-state index contributed by atoms with van der Waals surface area (Å²) in [5.74, 6) is -2.76. The largest absolute Gasteiger partial charge is 0.455 e. The molecule has 0 aromatic heterocycles. The number of nitrogens with zero attached hydrogens (tertiary/aromatic N) is 1. The van der Waals surface area contributed by atoms with Crippen LogP contribution in [-0.2, 0) is 33.2 Å². The Kier molecular flexibility index (Phi) is 16.4. The average molecular weight is 882 g/mol. The molecule has 0 amide bonds. The molecule has 1 saturated heterocycles. The highest BCUT2D eigenvalue weighted by atomic mass is 16.6. The van der Waals surface area contributed by atoms with E-state index in [4.69, 9.17) is 28.4 Å². The fourth-order valence-corrected chi connectivity index (χ4v) is 15.3. The fourth-order valence-electron chi connectivity index (χ4n) is 15.3. The van der Waals surface area contributed by atoms with Gasteiger partial charge in [-0.15, -0.1) is 0 Å². The van der Waals surface area contributed by atoms with Crippen LogP contribution in [0.25, 0.3) is 0 Å². The number of rotatable bonds is 27. The topological polar surface area (TPSA) is 133 Å². The molecule has 11 nitrogen and oxygen atoms in total. The van der Waals surface area contributed by atoms with Crippen LogP contribution in [0.5, 0.6) is 0 Å². The number of carbonyl (C=O) groups is 2. The van der Waals surface area contributed by atoms with Crippen LogP contribution >= 0.6 is 0 Å². The maximum Gasteiger partial charge on any atom is 0.338 e. The Labute approximate surface area is 379 Å². The summed E-state index contributed by atoms with van der Waals surface area (Å²) in [6.07, 6.45) is 18.8. The molecule has 5 saturated carbocycles. The van der Waals surface area contributed by atoms with Crippen LogP contribution in [0.3, 0.4) is 0 Å². The molecule has 11 heteroatoms. The van der Waals surface area contributed by atoms with E-state index in [1.54, 1.807) is 45.6 Å². The molecule has 7 bridgehead atoms. The molecule has 356 valence electrons. The summed E-state index contributed by atoms with van der Waals surface area (Å²) in [5.41, 5.74) is -3.96. The van der Waals surface area contributed by atoms with Crippen LogP contribution in [0, 0.1) is 34.5 Å². The van der Waals surface area contributed by atoms with E-state index in [1.807, 2.05) is 6.07 Å². The molecule has 1 spiro atoms. The first-order valence-electron chi connectivity index (χ1n) is 25.3. The average Bonchev–Trinajstić information content (AvgIpc) is 3.67. The van der Waals surface area contributed by atoms with E-state index in [-0.39, 0.29) is 48.2 Å². The van der Waals surface area contributed by atoms with Gasteiger partial charge in [-0.05, 0) is 50.3 Å².